The second kappa shape index (κ2) is 8.35. The molecule has 1 fully saturated rings. The van der Waals surface area contributed by atoms with Gasteiger partial charge in [0.05, 0.1) is 13.2 Å². The minimum Gasteiger partial charge on any atom is -0.456 e. The highest BCUT2D eigenvalue weighted by Crippen LogP contribution is 2.28. The molecule has 0 saturated carbocycles. The van der Waals surface area contributed by atoms with Crippen LogP contribution in [0.1, 0.15) is 53.9 Å². The molecule has 0 N–H and O–H groups in total. The summed E-state index contributed by atoms with van der Waals surface area (Å²) in [6, 6.07) is 0. The Hall–Kier alpha value is -1.13. The third-order valence-corrected chi connectivity index (χ3v) is 3.53. The van der Waals surface area contributed by atoms with E-state index >= 15 is 0 Å². The van der Waals surface area contributed by atoms with E-state index in [1.165, 1.54) is 18.1 Å². The standard InChI is InChI=1S/C17H28O4/c1-13(2)7-6-8-14(3)9-10-16(21-15(4)18)17(5)19-11-12-20-17/h7,9,16H,6,8,10-12H2,1-5H3. The van der Waals surface area contributed by atoms with Crippen molar-refractivity contribution in [2.75, 3.05) is 13.2 Å². The van der Waals surface area contributed by atoms with E-state index in [4.69, 9.17) is 14.2 Å². The number of carbonyl (C=O) groups excluding carboxylic acids is 1. The molecule has 21 heavy (non-hydrogen) atoms. The van der Waals surface area contributed by atoms with E-state index in [1.807, 2.05) is 6.92 Å². The third kappa shape index (κ3) is 6.44. The molecular weight excluding hydrogens is 268 g/mol. The Morgan fingerprint density at radius 3 is 2.33 bits per heavy atom. The molecule has 1 aliphatic rings. The Morgan fingerprint density at radius 2 is 1.81 bits per heavy atom. The molecule has 0 spiro atoms. The minimum atomic E-state index is -0.831. The predicted molar refractivity (Wildman–Crippen MR) is 82.9 cm³/mol. The molecule has 1 atom stereocenters. The molecule has 0 aromatic rings. The van der Waals surface area contributed by atoms with E-state index in [0.29, 0.717) is 19.6 Å². The first-order valence-corrected chi connectivity index (χ1v) is 7.57. The zero-order valence-electron chi connectivity index (χ0n) is 13.9. The summed E-state index contributed by atoms with van der Waals surface area (Å²) in [6.07, 6.45) is 6.59. The number of esters is 1. The maximum absolute atomic E-state index is 11.3. The molecule has 0 aliphatic carbocycles. The zero-order valence-corrected chi connectivity index (χ0v) is 13.9. The zero-order chi connectivity index (χ0) is 15.9. The Labute approximate surface area is 128 Å². The smallest absolute Gasteiger partial charge is 0.303 e. The molecule has 1 aliphatic heterocycles. The molecule has 0 radical (unpaired) electrons. The van der Waals surface area contributed by atoms with Crippen molar-refractivity contribution in [1.82, 2.24) is 0 Å². The first kappa shape index (κ1) is 17.9. The van der Waals surface area contributed by atoms with Crippen molar-refractivity contribution in [2.24, 2.45) is 0 Å². The van der Waals surface area contributed by atoms with Crippen LogP contribution in [0.3, 0.4) is 0 Å². The van der Waals surface area contributed by atoms with Gasteiger partial charge >= 0.3 is 5.97 Å². The average Bonchev–Trinajstić information content (AvgIpc) is 2.81. The number of ether oxygens (including phenoxy) is 3. The summed E-state index contributed by atoms with van der Waals surface area (Å²) in [7, 11) is 0. The molecule has 4 heteroatoms. The average molecular weight is 296 g/mol. The normalized spacial score (nSPS) is 19.2. The molecule has 4 nitrogen and oxygen atoms in total. The fourth-order valence-electron chi connectivity index (χ4n) is 2.28. The summed E-state index contributed by atoms with van der Waals surface area (Å²) in [6.45, 7) is 10.6. The molecule has 0 aromatic carbocycles. The van der Waals surface area contributed by atoms with Gasteiger partial charge in [-0.25, -0.2) is 0 Å². The van der Waals surface area contributed by atoms with Crippen molar-refractivity contribution < 1.29 is 19.0 Å². The van der Waals surface area contributed by atoms with Crippen molar-refractivity contribution >= 4 is 5.97 Å². The number of allylic oxidation sites excluding steroid dienone is 3. The SMILES string of the molecule is CC(=O)OC(CC=C(C)CCC=C(C)C)C1(C)OCCO1. The lowest BCUT2D eigenvalue weighted by molar-refractivity contribution is -0.220. The number of hydrogen-bond donors (Lipinski definition) is 0. The molecule has 0 aromatic heterocycles. The van der Waals surface area contributed by atoms with Crippen LogP contribution in [0, 0.1) is 0 Å². The van der Waals surface area contributed by atoms with Crippen LogP contribution < -0.4 is 0 Å². The summed E-state index contributed by atoms with van der Waals surface area (Å²) >= 11 is 0. The topological polar surface area (TPSA) is 44.8 Å². The van der Waals surface area contributed by atoms with Gasteiger partial charge in [0.1, 0.15) is 0 Å². The highest BCUT2D eigenvalue weighted by atomic mass is 16.8. The van der Waals surface area contributed by atoms with E-state index in [0.717, 1.165) is 12.8 Å². The molecular formula is C17H28O4. The fraction of sp³-hybridized carbons (Fsp3) is 0.706. The van der Waals surface area contributed by atoms with Gasteiger partial charge < -0.3 is 14.2 Å². The highest BCUT2D eigenvalue weighted by molar-refractivity contribution is 5.66. The van der Waals surface area contributed by atoms with Crippen LogP contribution >= 0.6 is 0 Å². The number of carbonyl (C=O) groups is 1. The van der Waals surface area contributed by atoms with Crippen LogP contribution in [0.5, 0.6) is 0 Å². The molecule has 0 amide bonds. The molecule has 1 unspecified atom stereocenters. The summed E-state index contributed by atoms with van der Waals surface area (Å²) in [5.74, 6) is -1.14. The van der Waals surface area contributed by atoms with Crippen molar-refractivity contribution in [3.63, 3.8) is 0 Å². The number of hydrogen-bond acceptors (Lipinski definition) is 4. The second-order valence-corrected chi connectivity index (χ2v) is 5.92. The van der Waals surface area contributed by atoms with Crippen molar-refractivity contribution in [1.29, 1.82) is 0 Å². The largest absolute Gasteiger partial charge is 0.456 e. The molecule has 120 valence electrons. The quantitative estimate of drug-likeness (QED) is 0.530. The summed E-state index contributed by atoms with van der Waals surface area (Å²) in [4.78, 5) is 11.3. The van der Waals surface area contributed by atoms with E-state index in [9.17, 15) is 4.79 Å². The molecule has 1 rings (SSSR count). The maximum Gasteiger partial charge on any atom is 0.303 e. The van der Waals surface area contributed by atoms with Crippen LogP contribution in [-0.2, 0) is 19.0 Å². The lowest BCUT2D eigenvalue weighted by Gasteiger charge is -2.30. The highest BCUT2D eigenvalue weighted by Gasteiger charge is 2.41. The number of rotatable bonds is 7. The van der Waals surface area contributed by atoms with Gasteiger partial charge in [0.25, 0.3) is 0 Å². The summed E-state index contributed by atoms with van der Waals surface area (Å²) < 4.78 is 16.6. The van der Waals surface area contributed by atoms with E-state index in [2.05, 4.69) is 32.9 Å². The van der Waals surface area contributed by atoms with Crippen molar-refractivity contribution in [3.8, 4) is 0 Å². The Kier molecular flexibility index (Phi) is 7.12. The van der Waals surface area contributed by atoms with Gasteiger partial charge in [-0.15, -0.1) is 0 Å². The first-order chi connectivity index (χ1) is 9.83. The first-order valence-electron chi connectivity index (χ1n) is 7.57. The lowest BCUT2D eigenvalue weighted by Crippen LogP contribution is -2.43. The Balaban J connectivity index is 2.60. The van der Waals surface area contributed by atoms with Gasteiger partial charge in [0.15, 0.2) is 6.10 Å². The third-order valence-electron chi connectivity index (χ3n) is 3.53. The Morgan fingerprint density at radius 1 is 1.19 bits per heavy atom. The molecule has 0 bridgehead atoms. The molecule has 1 saturated heterocycles. The van der Waals surface area contributed by atoms with Crippen LogP contribution in [0.4, 0.5) is 0 Å². The summed E-state index contributed by atoms with van der Waals surface area (Å²) in [5, 5.41) is 0. The maximum atomic E-state index is 11.3. The Bertz CT molecular complexity index is 399. The minimum absolute atomic E-state index is 0.309. The van der Waals surface area contributed by atoms with Crippen LogP contribution in [0.15, 0.2) is 23.3 Å². The second-order valence-electron chi connectivity index (χ2n) is 5.92. The summed E-state index contributed by atoms with van der Waals surface area (Å²) in [5.41, 5.74) is 2.62. The van der Waals surface area contributed by atoms with Crippen molar-refractivity contribution in [3.05, 3.63) is 23.3 Å². The van der Waals surface area contributed by atoms with Gasteiger partial charge in [-0.2, -0.15) is 0 Å². The van der Waals surface area contributed by atoms with Crippen molar-refractivity contribution in [2.45, 2.75) is 65.8 Å². The van der Waals surface area contributed by atoms with Gasteiger partial charge in [0, 0.05) is 13.3 Å². The van der Waals surface area contributed by atoms with Gasteiger partial charge in [-0.05, 0) is 40.5 Å². The van der Waals surface area contributed by atoms with Gasteiger partial charge in [-0.1, -0.05) is 23.3 Å². The van der Waals surface area contributed by atoms with Crippen LogP contribution in [0.25, 0.3) is 0 Å². The fourth-order valence-corrected chi connectivity index (χ4v) is 2.28. The van der Waals surface area contributed by atoms with E-state index in [-0.39, 0.29) is 5.97 Å². The molecule has 1 heterocycles. The van der Waals surface area contributed by atoms with Gasteiger partial charge in [0.2, 0.25) is 5.79 Å². The van der Waals surface area contributed by atoms with Crippen LogP contribution in [-0.4, -0.2) is 31.1 Å². The monoisotopic (exact) mass is 296 g/mol. The lowest BCUT2D eigenvalue weighted by atomic mass is 10.0. The van der Waals surface area contributed by atoms with E-state index in [1.54, 1.807) is 0 Å². The van der Waals surface area contributed by atoms with E-state index < -0.39 is 11.9 Å². The van der Waals surface area contributed by atoms with Gasteiger partial charge in [-0.3, -0.25) is 4.79 Å². The van der Waals surface area contributed by atoms with Crippen LogP contribution in [0.2, 0.25) is 0 Å². The predicted octanol–water partition coefficient (Wildman–Crippen LogP) is 3.76.